The number of allylic oxidation sites excluding steroid dienone is 3. The minimum atomic E-state index is -0.914. The SMILES string of the molecule is CC(C)(c1ccc(O)cc1)c1ccc(O)cc1.CC=CC=CC(=O)O. The monoisotopic (exact) mass is 340 g/mol. The fraction of sp³-hybridized carbons (Fsp3) is 0.190. The number of carboxylic acids is 1. The van der Waals surface area contributed by atoms with Gasteiger partial charge in [0.2, 0.25) is 0 Å². The Kier molecular flexibility index (Phi) is 7.47. The number of hydrogen-bond acceptors (Lipinski definition) is 3. The first-order valence-electron chi connectivity index (χ1n) is 7.88. The predicted octanol–water partition coefficient (Wildman–Crippen LogP) is 4.63. The fourth-order valence-electron chi connectivity index (χ4n) is 2.17. The zero-order valence-electron chi connectivity index (χ0n) is 14.7. The molecule has 0 saturated heterocycles. The number of carbonyl (C=O) groups is 1. The first-order chi connectivity index (χ1) is 11.8. The highest BCUT2D eigenvalue weighted by molar-refractivity contribution is 5.80. The van der Waals surface area contributed by atoms with Crippen molar-refractivity contribution in [3.63, 3.8) is 0 Å². The van der Waals surface area contributed by atoms with Gasteiger partial charge in [-0.2, -0.15) is 0 Å². The van der Waals surface area contributed by atoms with E-state index in [1.165, 1.54) is 6.08 Å². The van der Waals surface area contributed by atoms with Crippen LogP contribution in [-0.2, 0) is 10.2 Å². The highest BCUT2D eigenvalue weighted by atomic mass is 16.4. The third kappa shape index (κ3) is 6.55. The molecule has 4 heteroatoms. The predicted molar refractivity (Wildman–Crippen MR) is 99.9 cm³/mol. The van der Waals surface area contributed by atoms with Crippen LogP contribution in [0.3, 0.4) is 0 Å². The molecule has 2 rings (SSSR count). The Morgan fingerprint density at radius 2 is 1.24 bits per heavy atom. The quantitative estimate of drug-likeness (QED) is 0.560. The van der Waals surface area contributed by atoms with E-state index in [4.69, 9.17) is 5.11 Å². The van der Waals surface area contributed by atoms with Crippen LogP contribution in [0.2, 0.25) is 0 Å². The standard InChI is InChI=1S/C15H16O2.C6H8O2/c1-15(2,11-3-7-13(16)8-4-11)12-5-9-14(17)10-6-12;1-2-3-4-5-6(7)8/h3-10,16-17H,1-2H3;2-5H,1H3,(H,7,8). The fourth-order valence-corrected chi connectivity index (χ4v) is 2.17. The Morgan fingerprint density at radius 1 is 0.840 bits per heavy atom. The maximum atomic E-state index is 9.75. The van der Waals surface area contributed by atoms with Gasteiger partial charge < -0.3 is 15.3 Å². The van der Waals surface area contributed by atoms with Gasteiger partial charge in [0, 0.05) is 11.5 Å². The molecule has 25 heavy (non-hydrogen) atoms. The number of rotatable bonds is 4. The van der Waals surface area contributed by atoms with Crippen LogP contribution in [0.1, 0.15) is 31.9 Å². The molecule has 0 fully saturated rings. The van der Waals surface area contributed by atoms with Gasteiger partial charge in [-0.05, 0) is 42.3 Å². The van der Waals surface area contributed by atoms with Gasteiger partial charge in [0.05, 0.1) is 0 Å². The second-order valence-corrected chi connectivity index (χ2v) is 5.94. The third-order valence-corrected chi connectivity index (χ3v) is 3.72. The molecule has 2 aromatic rings. The average Bonchev–Trinajstić information content (AvgIpc) is 2.56. The molecule has 0 saturated carbocycles. The number of aliphatic carboxylic acids is 1. The summed E-state index contributed by atoms with van der Waals surface area (Å²) in [5.41, 5.74) is 2.10. The zero-order chi connectivity index (χ0) is 18.9. The van der Waals surface area contributed by atoms with Crippen LogP contribution in [0, 0.1) is 0 Å². The molecule has 0 heterocycles. The molecule has 4 nitrogen and oxygen atoms in total. The van der Waals surface area contributed by atoms with E-state index in [0.717, 1.165) is 17.2 Å². The molecule has 0 atom stereocenters. The first-order valence-corrected chi connectivity index (χ1v) is 7.88. The lowest BCUT2D eigenvalue weighted by molar-refractivity contribution is -0.131. The Balaban J connectivity index is 0.000000333. The maximum Gasteiger partial charge on any atom is 0.328 e. The van der Waals surface area contributed by atoms with Crippen molar-refractivity contribution in [1.29, 1.82) is 0 Å². The highest BCUT2D eigenvalue weighted by Crippen LogP contribution is 2.32. The van der Waals surface area contributed by atoms with Gasteiger partial charge in [-0.15, -0.1) is 0 Å². The van der Waals surface area contributed by atoms with Gasteiger partial charge in [-0.1, -0.05) is 56.3 Å². The van der Waals surface area contributed by atoms with Gasteiger partial charge in [0.25, 0.3) is 0 Å². The van der Waals surface area contributed by atoms with Gasteiger partial charge in [0.15, 0.2) is 0 Å². The second-order valence-electron chi connectivity index (χ2n) is 5.94. The molecule has 0 aromatic heterocycles. The number of carboxylic acid groups (broad SMARTS) is 1. The highest BCUT2D eigenvalue weighted by Gasteiger charge is 2.22. The smallest absolute Gasteiger partial charge is 0.328 e. The van der Waals surface area contributed by atoms with Crippen LogP contribution in [-0.4, -0.2) is 21.3 Å². The summed E-state index contributed by atoms with van der Waals surface area (Å²) in [6, 6.07) is 14.4. The van der Waals surface area contributed by atoms with Crippen LogP contribution < -0.4 is 0 Å². The molecule has 0 bridgehead atoms. The van der Waals surface area contributed by atoms with E-state index >= 15 is 0 Å². The molecule has 0 aliphatic carbocycles. The van der Waals surface area contributed by atoms with E-state index in [-0.39, 0.29) is 16.9 Å². The summed E-state index contributed by atoms with van der Waals surface area (Å²) in [7, 11) is 0. The van der Waals surface area contributed by atoms with Crippen LogP contribution >= 0.6 is 0 Å². The third-order valence-electron chi connectivity index (χ3n) is 3.72. The Labute approximate surface area is 148 Å². The molecule has 0 amide bonds. The van der Waals surface area contributed by atoms with Crippen LogP contribution in [0.25, 0.3) is 0 Å². The first kappa shape index (κ1) is 20.0. The number of phenols is 2. The van der Waals surface area contributed by atoms with Crippen molar-refractivity contribution in [2.24, 2.45) is 0 Å². The van der Waals surface area contributed by atoms with Gasteiger partial charge in [-0.3, -0.25) is 0 Å². The van der Waals surface area contributed by atoms with E-state index in [1.54, 1.807) is 36.4 Å². The van der Waals surface area contributed by atoms with Crippen molar-refractivity contribution in [2.75, 3.05) is 0 Å². The van der Waals surface area contributed by atoms with E-state index < -0.39 is 5.97 Å². The number of hydrogen-bond donors (Lipinski definition) is 3. The Hall–Kier alpha value is -3.01. The molecule has 0 aliphatic heterocycles. The summed E-state index contributed by atoms with van der Waals surface area (Å²) in [4.78, 5) is 9.75. The van der Waals surface area contributed by atoms with E-state index in [2.05, 4.69) is 13.8 Å². The molecule has 0 unspecified atom stereocenters. The average molecular weight is 340 g/mol. The largest absolute Gasteiger partial charge is 0.508 e. The second kappa shape index (κ2) is 9.33. The molecule has 0 spiro atoms. The van der Waals surface area contributed by atoms with E-state index in [1.807, 2.05) is 31.2 Å². The van der Waals surface area contributed by atoms with E-state index in [9.17, 15) is 15.0 Å². The van der Waals surface area contributed by atoms with Crippen molar-refractivity contribution in [2.45, 2.75) is 26.2 Å². The molecule has 3 N–H and O–H groups in total. The normalized spacial score (nSPS) is 11.3. The minimum absolute atomic E-state index is 0.151. The summed E-state index contributed by atoms with van der Waals surface area (Å²) >= 11 is 0. The van der Waals surface area contributed by atoms with Gasteiger partial charge in [-0.25, -0.2) is 4.79 Å². The van der Waals surface area contributed by atoms with Crippen molar-refractivity contribution >= 4 is 5.97 Å². The number of phenolic OH excluding ortho intramolecular Hbond substituents is 2. The Morgan fingerprint density at radius 3 is 1.56 bits per heavy atom. The Bertz CT molecular complexity index is 676. The van der Waals surface area contributed by atoms with E-state index in [0.29, 0.717) is 0 Å². The zero-order valence-corrected chi connectivity index (χ0v) is 14.7. The minimum Gasteiger partial charge on any atom is -0.508 e. The van der Waals surface area contributed by atoms with Crippen molar-refractivity contribution < 1.29 is 20.1 Å². The van der Waals surface area contributed by atoms with Crippen molar-refractivity contribution in [3.05, 3.63) is 84.0 Å². The van der Waals surface area contributed by atoms with Gasteiger partial charge >= 0.3 is 5.97 Å². The van der Waals surface area contributed by atoms with Crippen LogP contribution in [0.4, 0.5) is 0 Å². The number of benzene rings is 2. The lowest BCUT2D eigenvalue weighted by atomic mass is 9.78. The molecule has 0 radical (unpaired) electrons. The van der Waals surface area contributed by atoms with Crippen molar-refractivity contribution in [3.8, 4) is 11.5 Å². The summed E-state index contributed by atoms with van der Waals surface area (Å²) in [5, 5.41) is 26.6. The van der Waals surface area contributed by atoms with Crippen molar-refractivity contribution in [1.82, 2.24) is 0 Å². The summed E-state index contributed by atoms with van der Waals surface area (Å²) < 4.78 is 0. The number of aromatic hydroxyl groups is 2. The van der Waals surface area contributed by atoms with Crippen LogP contribution in [0.5, 0.6) is 11.5 Å². The maximum absolute atomic E-state index is 9.75. The summed E-state index contributed by atoms with van der Waals surface area (Å²) in [5.74, 6) is -0.367. The lowest BCUT2D eigenvalue weighted by Gasteiger charge is -2.26. The topological polar surface area (TPSA) is 77.8 Å². The molecular formula is C21H24O4. The van der Waals surface area contributed by atoms with Crippen LogP contribution in [0.15, 0.2) is 72.8 Å². The molecular weight excluding hydrogens is 316 g/mol. The molecule has 2 aromatic carbocycles. The summed E-state index contributed by atoms with van der Waals surface area (Å²) in [6.07, 6.45) is 5.98. The lowest BCUT2D eigenvalue weighted by Crippen LogP contribution is -2.18. The molecule has 132 valence electrons. The van der Waals surface area contributed by atoms with Gasteiger partial charge in [0.1, 0.15) is 11.5 Å². The molecule has 0 aliphatic rings. The summed E-state index contributed by atoms with van der Waals surface area (Å²) in [6.45, 7) is 6.06.